The molecular formula is C36H32IN3O5. The lowest BCUT2D eigenvalue weighted by molar-refractivity contribution is -0.111. The van der Waals surface area contributed by atoms with E-state index in [1.807, 2.05) is 66.7 Å². The number of aromatic hydroxyl groups is 1. The molecule has 5 aromatic rings. The SMILES string of the molecule is Nc1ccccc1NC(=O)/C=C/CC[C@@H](Oc1ccccc1)[C@H](OC(=O)Nc1cccc2ccccc12)c1cc(I)ccc1O. The van der Waals surface area contributed by atoms with E-state index in [-0.39, 0.29) is 11.7 Å². The van der Waals surface area contributed by atoms with Crippen LogP contribution in [0.1, 0.15) is 24.5 Å². The Labute approximate surface area is 275 Å². The first kappa shape index (κ1) is 31.4. The molecule has 9 heteroatoms. The Kier molecular flexibility index (Phi) is 10.5. The Hall–Kier alpha value is -5.03. The molecule has 0 bridgehead atoms. The monoisotopic (exact) mass is 713 g/mol. The number of allylic oxidation sites excluding steroid dienone is 1. The standard InChI is InChI=1S/C36H32IN3O5/c37-25-21-22-32(41)28(23-25)35(45-36(43)40-30-18-10-12-24-11-4-5-15-27(24)30)33(44-26-13-2-1-3-14-26)19-8-9-20-34(42)39-31-17-7-6-16-29(31)38/h1-7,9-18,20-23,33,35,41H,8,19,38H2,(H,39,42)(H,40,43)/b20-9+/t33-,35-/m1/s1. The predicted molar refractivity (Wildman–Crippen MR) is 186 cm³/mol. The predicted octanol–water partition coefficient (Wildman–Crippen LogP) is 8.44. The van der Waals surface area contributed by atoms with Gasteiger partial charge in [-0.15, -0.1) is 0 Å². The van der Waals surface area contributed by atoms with Crippen molar-refractivity contribution in [3.05, 3.63) is 137 Å². The summed E-state index contributed by atoms with van der Waals surface area (Å²) in [6.07, 6.45) is 1.48. The Morgan fingerprint density at radius 1 is 0.844 bits per heavy atom. The minimum Gasteiger partial charge on any atom is -0.508 e. The van der Waals surface area contributed by atoms with E-state index in [1.165, 1.54) is 6.08 Å². The number of benzene rings is 5. The van der Waals surface area contributed by atoms with E-state index in [2.05, 4.69) is 33.2 Å². The summed E-state index contributed by atoms with van der Waals surface area (Å²) in [5.74, 6) is 0.207. The molecule has 0 fully saturated rings. The molecule has 0 aliphatic rings. The van der Waals surface area contributed by atoms with Gasteiger partial charge in [0.1, 0.15) is 17.6 Å². The lowest BCUT2D eigenvalue weighted by Gasteiger charge is -2.29. The fraction of sp³-hybridized carbons (Fsp3) is 0.111. The highest BCUT2D eigenvalue weighted by atomic mass is 127. The van der Waals surface area contributed by atoms with Crippen LogP contribution in [-0.2, 0) is 9.53 Å². The van der Waals surface area contributed by atoms with Gasteiger partial charge in [0.05, 0.1) is 17.1 Å². The van der Waals surface area contributed by atoms with Crippen molar-refractivity contribution in [2.75, 3.05) is 16.4 Å². The number of para-hydroxylation sites is 3. The molecule has 0 unspecified atom stereocenters. The van der Waals surface area contributed by atoms with E-state index in [4.69, 9.17) is 15.2 Å². The maximum Gasteiger partial charge on any atom is 0.412 e. The molecule has 2 atom stereocenters. The van der Waals surface area contributed by atoms with E-state index in [9.17, 15) is 14.7 Å². The van der Waals surface area contributed by atoms with Crippen molar-refractivity contribution in [3.63, 3.8) is 0 Å². The van der Waals surface area contributed by atoms with Crippen molar-refractivity contribution < 1.29 is 24.2 Å². The maximum absolute atomic E-state index is 13.5. The first-order valence-corrected chi connectivity index (χ1v) is 15.4. The second kappa shape index (κ2) is 15.1. The first-order chi connectivity index (χ1) is 21.9. The summed E-state index contributed by atoms with van der Waals surface area (Å²) in [5, 5.41) is 18.4. The molecule has 0 heterocycles. The van der Waals surface area contributed by atoms with Crippen LogP contribution < -0.4 is 21.1 Å². The van der Waals surface area contributed by atoms with E-state index < -0.39 is 18.3 Å². The van der Waals surface area contributed by atoms with Gasteiger partial charge in [0.15, 0.2) is 6.10 Å². The highest BCUT2D eigenvalue weighted by Gasteiger charge is 2.31. The highest BCUT2D eigenvalue weighted by molar-refractivity contribution is 14.1. The zero-order chi connectivity index (χ0) is 31.6. The van der Waals surface area contributed by atoms with Crippen LogP contribution >= 0.6 is 22.6 Å². The Morgan fingerprint density at radius 3 is 2.38 bits per heavy atom. The lowest BCUT2D eigenvalue weighted by Crippen LogP contribution is -2.31. The third-order valence-electron chi connectivity index (χ3n) is 7.03. The van der Waals surface area contributed by atoms with Crippen LogP contribution in [0.25, 0.3) is 10.8 Å². The number of halogens is 1. The number of nitrogen functional groups attached to an aromatic ring is 1. The molecule has 228 valence electrons. The van der Waals surface area contributed by atoms with Crippen LogP contribution in [0.15, 0.2) is 127 Å². The van der Waals surface area contributed by atoms with Crippen LogP contribution in [0.4, 0.5) is 21.9 Å². The van der Waals surface area contributed by atoms with Crippen LogP contribution in [0, 0.1) is 3.57 Å². The molecule has 0 aromatic heterocycles. The number of ether oxygens (including phenoxy) is 2. The van der Waals surface area contributed by atoms with E-state index in [0.29, 0.717) is 41.2 Å². The summed E-state index contributed by atoms with van der Waals surface area (Å²) in [7, 11) is 0. The minimum atomic E-state index is -0.999. The molecule has 8 nitrogen and oxygen atoms in total. The average molecular weight is 714 g/mol. The molecule has 0 radical (unpaired) electrons. The van der Waals surface area contributed by atoms with Gasteiger partial charge in [-0.3, -0.25) is 10.1 Å². The summed E-state index contributed by atoms with van der Waals surface area (Å²) in [5.41, 5.74) is 7.93. The van der Waals surface area contributed by atoms with Gasteiger partial charge in [0.25, 0.3) is 0 Å². The minimum absolute atomic E-state index is 0.0320. The molecule has 5 aromatic carbocycles. The molecular weight excluding hydrogens is 681 g/mol. The van der Waals surface area contributed by atoms with Crippen molar-refractivity contribution >= 4 is 62.4 Å². The molecule has 45 heavy (non-hydrogen) atoms. The van der Waals surface area contributed by atoms with Crippen molar-refractivity contribution in [1.29, 1.82) is 0 Å². The van der Waals surface area contributed by atoms with Gasteiger partial charge in [-0.1, -0.05) is 72.8 Å². The number of hydrogen-bond acceptors (Lipinski definition) is 6. The van der Waals surface area contributed by atoms with Crippen LogP contribution in [0.2, 0.25) is 0 Å². The molecule has 0 aliphatic heterocycles. The van der Waals surface area contributed by atoms with E-state index >= 15 is 0 Å². The van der Waals surface area contributed by atoms with Crippen molar-refractivity contribution in [2.45, 2.75) is 25.0 Å². The number of phenolic OH excluding ortho intramolecular Hbond substituents is 1. The second-order valence-corrected chi connectivity index (χ2v) is 11.5. The van der Waals surface area contributed by atoms with Crippen LogP contribution in [-0.4, -0.2) is 23.2 Å². The number of carbonyl (C=O) groups excluding carboxylic acids is 2. The Balaban J connectivity index is 1.39. The third kappa shape index (κ3) is 8.54. The number of nitrogens with one attached hydrogen (secondary N) is 2. The van der Waals surface area contributed by atoms with Crippen LogP contribution in [0.5, 0.6) is 11.5 Å². The molecule has 5 N–H and O–H groups in total. The van der Waals surface area contributed by atoms with Gasteiger partial charge < -0.3 is 25.6 Å². The van der Waals surface area contributed by atoms with Crippen molar-refractivity contribution in [2.24, 2.45) is 0 Å². The molecule has 0 spiro atoms. The number of carbonyl (C=O) groups is 2. The number of phenols is 1. The van der Waals surface area contributed by atoms with Gasteiger partial charge in [-0.2, -0.15) is 0 Å². The number of rotatable bonds is 11. The van der Waals surface area contributed by atoms with Crippen molar-refractivity contribution in [3.8, 4) is 11.5 Å². The Bertz CT molecular complexity index is 1810. The topological polar surface area (TPSA) is 123 Å². The molecule has 0 aliphatic carbocycles. The van der Waals surface area contributed by atoms with E-state index in [1.54, 1.807) is 54.6 Å². The molecule has 0 saturated carbocycles. The number of nitrogens with two attached hydrogens (primary N) is 1. The first-order valence-electron chi connectivity index (χ1n) is 14.3. The van der Waals surface area contributed by atoms with Crippen molar-refractivity contribution in [1.82, 2.24) is 0 Å². The average Bonchev–Trinajstić information content (AvgIpc) is 3.04. The van der Waals surface area contributed by atoms with Gasteiger partial charge in [0, 0.05) is 14.5 Å². The second-order valence-electron chi connectivity index (χ2n) is 10.2. The number of hydrogen-bond donors (Lipinski definition) is 4. The smallest absolute Gasteiger partial charge is 0.412 e. The summed E-state index contributed by atoms with van der Waals surface area (Å²) in [6, 6.07) is 34.6. The van der Waals surface area contributed by atoms with Gasteiger partial charge in [0.2, 0.25) is 5.91 Å². The largest absolute Gasteiger partial charge is 0.508 e. The molecule has 5 rings (SSSR count). The molecule has 2 amide bonds. The quantitative estimate of drug-likeness (QED) is 0.0619. The zero-order valence-corrected chi connectivity index (χ0v) is 26.4. The summed E-state index contributed by atoms with van der Waals surface area (Å²) >= 11 is 2.14. The molecule has 0 saturated heterocycles. The fourth-order valence-electron chi connectivity index (χ4n) is 4.86. The maximum atomic E-state index is 13.5. The number of fused-ring (bicyclic) bond motifs is 1. The lowest BCUT2D eigenvalue weighted by atomic mass is 9.99. The van der Waals surface area contributed by atoms with Gasteiger partial charge in [-0.05, 0) is 95.4 Å². The highest BCUT2D eigenvalue weighted by Crippen LogP contribution is 2.35. The zero-order valence-electron chi connectivity index (χ0n) is 24.2. The third-order valence-corrected chi connectivity index (χ3v) is 7.70. The van der Waals surface area contributed by atoms with Gasteiger partial charge in [-0.25, -0.2) is 4.79 Å². The van der Waals surface area contributed by atoms with E-state index in [0.717, 1.165) is 14.3 Å². The number of anilines is 3. The summed E-state index contributed by atoms with van der Waals surface area (Å²) in [6.45, 7) is 0. The summed E-state index contributed by atoms with van der Waals surface area (Å²) < 4.78 is 13.3. The van der Waals surface area contributed by atoms with Gasteiger partial charge >= 0.3 is 6.09 Å². The van der Waals surface area contributed by atoms with Crippen LogP contribution in [0.3, 0.4) is 0 Å². The fourth-order valence-corrected chi connectivity index (χ4v) is 5.38. The summed E-state index contributed by atoms with van der Waals surface area (Å²) in [4.78, 5) is 26.0. The normalized spacial score (nSPS) is 12.4. The Morgan fingerprint density at radius 2 is 1.56 bits per heavy atom. The number of amides is 2.